The predicted molar refractivity (Wildman–Crippen MR) is 105 cm³/mol. The Labute approximate surface area is 164 Å². The minimum Gasteiger partial charge on any atom is -0.444 e. The van der Waals surface area contributed by atoms with Gasteiger partial charge in [0.25, 0.3) is 5.91 Å². The van der Waals surface area contributed by atoms with Gasteiger partial charge in [-0.25, -0.2) is 9.18 Å². The van der Waals surface area contributed by atoms with Crippen LogP contribution >= 0.6 is 0 Å². The Morgan fingerprint density at radius 1 is 1.18 bits per heavy atom. The van der Waals surface area contributed by atoms with E-state index in [1.165, 1.54) is 18.2 Å². The number of ether oxygens (including phenoxy) is 1. The first-order valence-corrected chi connectivity index (χ1v) is 9.23. The maximum atomic E-state index is 13.5. The summed E-state index contributed by atoms with van der Waals surface area (Å²) in [7, 11) is 0. The van der Waals surface area contributed by atoms with Crippen molar-refractivity contribution in [3.63, 3.8) is 0 Å². The van der Waals surface area contributed by atoms with Crippen molar-refractivity contribution in [3.05, 3.63) is 35.6 Å². The topological polar surface area (TPSA) is 100 Å². The molecule has 2 rings (SSSR count). The number of benzene rings is 1. The number of hydrogen-bond acceptors (Lipinski definition) is 4. The summed E-state index contributed by atoms with van der Waals surface area (Å²) in [5.74, 6) is -0.701. The van der Waals surface area contributed by atoms with Crippen LogP contribution in [0.3, 0.4) is 0 Å². The zero-order valence-corrected chi connectivity index (χ0v) is 16.6. The largest absolute Gasteiger partial charge is 0.444 e. The van der Waals surface area contributed by atoms with Gasteiger partial charge in [0.2, 0.25) is 0 Å². The Morgan fingerprint density at radius 3 is 2.39 bits per heavy atom. The lowest BCUT2D eigenvalue weighted by Crippen LogP contribution is -2.53. The van der Waals surface area contributed by atoms with Gasteiger partial charge in [0.05, 0.1) is 12.1 Å². The highest BCUT2D eigenvalue weighted by molar-refractivity contribution is 5.94. The number of carbonyl (C=O) groups is 2. The van der Waals surface area contributed by atoms with Crippen LogP contribution in [0.4, 0.5) is 9.18 Å². The molecule has 154 valence electrons. The van der Waals surface area contributed by atoms with Gasteiger partial charge in [0, 0.05) is 32.7 Å². The third kappa shape index (κ3) is 6.40. The number of nitrogens with two attached hydrogens (primary N) is 1. The summed E-state index contributed by atoms with van der Waals surface area (Å²) in [6, 6.07) is 5.79. The Morgan fingerprint density at radius 2 is 1.79 bits per heavy atom. The number of nitrogens with one attached hydrogen (secondary N) is 1. The monoisotopic (exact) mass is 393 g/mol. The van der Waals surface area contributed by atoms with Crippen LogP contribution in [0.5, 0.6) is 0 Å². The number of nitrogens with zero attached hydrogens (tertiary/aromatic N) is 3. The third-order valence-corrected chi connectivity index (χ3v) is 4.05. The van der Waals surface area contributed by atoms with Crippen LogP contribution in [0.1, 0.15) is 31.1 Å². The van der Waals surface area contributed by atoms with Crippen molar-refractivity contribution in [1.29, 1.82) is 0 Å². The molecule has 0 radical (unpaired) electrons. The van der Waals surface area contributed by atoms with Crippen LogP contribution in [0.15, 0.2) is 29.3 Å². The number of hydrogen-bond donors (Lipinski definition) is 2. The molecule has 0 saturated carbocycles. The molecule has 0 unspecified atom stereocenters. The lowest BCUT2D eigenvalue weighted by atomic mass is 10.2. The maximum Gasteiger partial charge on any atom is 0.410 e. The summed E-state index contributed by atoms with van der Waals surface area (Å²) >= 11 is 0. The van der Waals surface area contributed by atoms with E-state index in [4.69, 9.17) is 10.5 Å². The molecule has 0 spiro atoms. The van der Waals surface area contributed by atoms with E-state index in [-0.39, 0.29) is 24.7 Å². The quantitative estimate of drug-likeness (QED) is 0.458. The van der Waals surface area contributed by atoms with E-state index in [1.807, 2.05) is 25.7 Å². The smallest absolute Gasteiger partial charge is 0.410 e. The molecule has 1 aliphatic heterocycles. The van der Waals surface area contributed by atoms with Gasteiger partial charge in [-0.05, 0) is 32.9 Å². The molecule has 1 fully saturated rings. The average molecular weight is 393 g/mol. The predicted octanol–water partition coefficient (Wildman–Crippen LogP) is 1.42. The van der Waals surface area contributed by atoms with E-state index < -0.39 is 17.3 Å². The second-order valence-corrected chi connectivity index (χ2v) is 7.43. The molecule has 9 heteroatoms. The molecule has 1 saturated heterocycles. The number of amides is 2. The number of aliphatic imine (C=N–C) groups is 1. The lowest BCUT2D eigenvalue weighted by Gasteiger charge is -2.36. The van der Waals surface area contributed by atoms with Gasteiger partial charge in [0.1, 0.15) is 11.4 Å². The summed E-state index contributed by atoms with van der Waals surface area (Å²) in [5.41, 5.74) is 5.46. The first-order valence-electron chi connectivity index (χ1n) is 9.23. The highest BCUT2D eigenvalue weighted by Gasteiger charge is 2.26. The highest BCUT2D eigenvalue weighted by Crippen LogP contribution is 2.11. The van der Waals surface area contributed by atoms with E-state index in [9.17, 15) is 14.0 Å². The van der Waals surface area contributed by atoms with Crippen molar-refractivity contribution in [3.8, 4) is 0 Å². The first kappa shape index (κ1) is 21.5. The van der Waals surface area contributed by atoms with Crippen LogP contribution in [0.2, 0.25) is 0 Å². The zero-order valence-electron chi connectivity index (χ0n) is 16.6. The highest BCUT2D eigenvalue weighted by atomic mass is 19.1. The van der Waals surface area contributed by atoms with Gasteiger partial charge in [-0.3, -0.25) is 9.79 Å². The molecular formula is C19H28FN5O3. The molecule has 1 aliphatic rings. The Kier molecular flexibility index (Phi) is 7.19. The van der Waals surface area contributed by atoms with E-state index in [1.54, 1.807) is 11.0 Å². The summed E-state index contributed by atoms with van der Waals surface area (Å²) < 4.78 is 18.9. The molecule has 28 heavy (non-hydrogen) atoms. The van der Waals surface area contributed by atoms with Crippen LogP contribution in [-0.2, 0) is 4.74 Å². The fourth-order valence-corrected chi connectivity index (χ4v) is 2.63. The van der Waals surface area contributed by atoms with E-state index in [0.717, 1.165) is 0 Å². The van der Waals surface area contributed by atoms with Crippen molar-refractivity contribution in [1.82, 2.24) is 15.1 Å². The van der Waals surface area contributed by atoms with Crippen molar-refractivity contribution < 1.29 is 18.7 Å². The van der Waals surface area contributed by atoms with Crippen LogP contribution in [0.25, 0.3) is 0 Å². The molecular weight excluding hydrogens is 365 g/mol. The second-order valence-electron chi connectivity index (χ2n) is 7.43. The van der Waals surface area contributed by atoms with Crippen molar-refractivity contribution in [2.45, 2.75) is 26.4 Å². The lowest BCUT2D eigenvalue weighted by molar-refractivity contribution is 0.0186. The minimum atomic E-state index is -0.564. The van der Waals surface area contributed by atoms with Gasteiger partial charge in [-0.1, -0.05) is 12.1 Å². The molecule has 1 heterocycles. The van der Waals surface area contributed by atoms with Gasteiger partial charge in [-0.2, -0.15) is 0 Å². The molecule has 3 N–H and O–H groups in total. The fraction of sp³-hybridized carbons (Fsp3) is 0.526. The molecule has 0 aliphatic carbocycles. The van der Waals surface area contributed by atoms with E-state index in [0.29, 0.717) is 32.1 Å². The molecule has 1 aromatic carbocycles. The maximum absolute atomic E-state index is 13.5. The molecule has 2 amide bonds. The number of guanidine groups is 1. The Hall–Kier alpha value is -2.84. The SMILES string of the molecule is CC(C)(C)OC(=O)N1CCN(C(N)=NCCNC(=O)c2ccccc2F)CC1. The van der Waals surface area contributed by atoms with Crippen LogP contribution in [0, 0.1) is 5.82 Å². The van der Waals surface area contributed by atoms with Gasteiger partial charge < -0.3 is 25.6 Å². The second kappa shape index (κ2) is 9.38. The van der Waals surface area contributed by atoms with E-state index in [2.05, 4.69) is 10.3 Å². The van der Waals surface area contributed by atoms with Crippen molar-refractivity contribution >= 4 is 18.0 Å². The van der Waals surface area contributed by atoms with Crippen molar-refractivity contribution in [2.24, 2.45) is 10.7 Å². The van der Waals surface area contributed by atoms with Gasteiger partial charge in [0.15, 0.2) is 5.96 Å². The van der Waals surface area contributed by atoms with E-state index >= 15 is 0 Å². The number of rotatable bonds is 4. The average Bonchev–Trinajstić information content (AvgIpc) is 2.64. The number of piperazine rings is 1. The number of carbonyl (C=O) groups excluding carboxylic acids is 2. The summed E-state index contributed by atoms with van der Waals surface area (Å²) in [5, 5.41) is 2.61. The zero-order chi connectivity index (χ0) is 20.7. The van der Waals surface area contributed by atoms with Crippen LogP contribution in [-0.4, -0.2) is 72.6 Å². The first-order chi connectivity index (χ1) is 13.2. The normalized spacial score (nSPS) is 15.4. The Bertz CT molecular complexity index is 725. The summed E-state index contributed by atoms with van der Waals surface area (Å²) in [6.07, 6.45) is -0.335. The third-order valence-electron chi connectivity index (χ3n) is 4.05. The van der Waals surface area contributed by atoms with Gasteiger partial charge in [-0.15, -0.1) is 0 Å². The molecule has 1 aromatic rings. The van der Waals surface area contributed by atoms with Crippen molar-refractivity contribution in [2.75, 3.05) is 39.3 Å². The Balaban J connectivity index is 1.74. The summed E-state index contributed by atoms with van der Waals surface area (Å²) in [4.78, 5) is 31.7. The molecule has 0 atom stereocenters. The minimum absolute atomic E-state index is 0.00211. The molecule has 8 nitrogen and oxygen atoms in total. The molecule has 0 aromatic heterocycles. The number of halogens is 1. The molecule has 0 bridgehead atoms. The summed E-state index contributed by atoms with van der Waals surface area (Å²) in [6.45, 7) is 8.10. The van der Waals surface area contributed by atoms with Crippen LogP contribution < -0.4 is 11.1 Å². The standard InChI is InChI=1S/C19H28FN5O3/c1-19(2,3)28-18(27)25-12-10-24(11-13-25)17(21)23-9-8-22-16(26)14-6-4-5-7-15(14)20/h4-7H,8-13H2,1-3H3,(H2,21,23)(H,22,26). The van der Waals surface area contributed by atoms with Gasteiger partial charge >= 0.3 is 6.09 Å². The fourth-order valence-electron chi connectivity index (χ4n) is 2.63.